The van der Waals surface area contributed by atoms with Crippen LogP contribution in [0.3, 0.4) is 0 Å². The summed E-state index contributed by atoms with van der Waals surface area (Å²) < 4.78 is 13.8. The van der Waals surface area contributed by atoms with E-state index in [0.717, 1.165) is 0 Å². The number of amides is 1. The zero-order valence-corrected chi connectivity index (χ0v) is 14.5. The lowest BCUT2D eigenvalue weighted by molar-refractivity contribution is -0.150. The Bertz CT molecular complexity index is 613. The van der Waals surface area contributed by atoms with Gasteiger partial charge in [0.2, 0.25) is 5.91 Å². The number of halogens is 1. The maximum atomic E-state index is 13.8. The summed E-state index contributed by atoms with van der Waals surface area (Å²) >= 11 is 0. The first-order valence-electron chi connectivity index (χ1n) is 8.15. The number of piperazine rings is 1. The molecule has 0 aromatic heterocycles. The van der Waals surface area contributed by atoms with Crippen LogP contribution in [0.2, 0.25) is 0 Å². The number of rotatable bonds is 5. The summed E-state index contributed by atoms with van der Waals surface area (Å²) in [6.07, 6.45) is -0.233. The van der Waals surface area contributed by atoms with E-state index in [9.17, 15) is 14.0 Å². The van der Waals surface area contributed by atoms with E-state index in [1.54, 1.807) is 23.1 Å². The third-order valence-corrected chi connectivity index (χ3v) is 4.06. The Balaban J connectivity index is 2.16. The predicted octanol–water partition coefficient (Wildman–Crippen LogP) is 2.36. The Kier molecular flexibility index (Phi) is 5.59. The SMILES string of the molecule is CC(C)(C)CN1CCN(Cc2ccccc2F)C(=O)C1CC(=O)O. The fourth-order valence-corrected chi connectivity index (χ4v) is 3.05. The summed E-state index contributed by atoms with van der Waals surface area (Å²) in [5.74, 6) is -1.59. The van der Waals surface area contributed by atoms with Gasteiger partial charge in [-0.3, -0.25) is 14.5 Å². The van der Waals surface area contributed by atoms with E-state index in [1.807, 2.05) is 4.90 Å². The average molecular weight is 336 g/mol. The summed E-state index contributed by atoms with van der Waals surface area (Å²) in [4.78, 5) is 27.5. The Hall–Kier alpha value is -1.95. The van der Waals surface area contributed by atoms with Crippen LogP contribution in [0.15, 0.2) is 24.3 Å². The molecular formula is C18H25FN2O3. The number of aliphatic carboxylic acids is 1. The van der Waals surface area contributed by atoms with Crippen LogP contribution in [0.25, 0.3) is 0 Å². The minimum atomic E-state index is -1.000. The van der Waals surface area contributed by atoms with Crippen molar-refractivity contribution in [3.05, 3.63) is 35.6 Å². The van der Waals surface area contributed by atoms with Gasteiger partial charge in [0.15, 0.2) is 0 Å². The van der Waals surface area contributed by atoms with Crippen molar-refractivity contribution >= 4 is 11.9 Å². The highest BCUT2D eigenvalue weighted by molar-refractivity contribution is 5.86. The van der Waals surface area contributed by atoms with Crippen molar-refractivity contribution in [3.8, 4) is 0 Å². The van der Waals surface area contributed by atoms with Crippen molar-refractivity contribution in [2.45, 2.75) is 39.8 Å². The Morgan fingerprint density at radius 2 is 1.96 bits per heavy atom. The molecule has 1 aromatic rings. The van der Waals surface area contributed by atoms with E-state index in [-0.39, 0.29) is 30.1 Å². The van der Waals surface area contributed by atoms with E-state index >= 15 is 0 Å². The molecule has 1 amide bonds. The lowest BCUT2D eigenvalue weighted by Crippen LogP contribution is -2.58. The smallest absolute Gasteiger partial charge is 0.305 e. The molecule has 1 heterocycles. The molecule has 2 rings (SSSR count). The second-order valence-corrected chi connectivity index (χ2v) is 7.50. The molecule has 1 saturated heterocycles. The van der Waals surface area contributed by atoms with Crippen molar-refractivity contribution in [1.29, 1.82) is 0 Å². The van der Waals surface area contributed by atoms with Gasteiger partial charge in [0, 0.05) is 31.7 Å². The molecule has 1 unspecified atom stereocenters. The van der Waals surface area contributed by atoms with Gasteiger partial charge in [-0.25, -0.2) is 4.39 Å². The number of carboxylic acids is 1. The van der Waals surface area contributed by atoms with Crippen molar-refractivity contribution in [2.24, 2.45) is 5.41 Å². The lowest BCUT2D eigenvalue weighted by Gasteiger charge is -2.42. The molecule has 1 aliphatic heterocycles. The quantitative estimate of drug-likeness (QED) is 0.897. The molecule has 132 valence electrons. The van der Waals surface area contributed by atoms with Crippen molar-refractivity contribution in [1.82, 2.24) is 9.80 Å². The Morgan fingerprint density at radius 3 is 2.54 bits per heavy atom. The molecule has 5 nitrogen and oxygen atoms in total. The molecule has 0 radical (unpaired) electrons. The molecule has 1 fully saturated rings. The largest absolute Gasteiger partial charge is 0.481 e. The molecule has 0 saturated carbocycles. The maximum Gasteiger partial charge on any atom is 0.305 e. The zero-order valence-electron chi connectivity index (χ0n) is 14.5. The van der Waals surface area contributed by atoms with Gasteiger partial charge in [-0.1, -0.05) is 39.0 Å². The summed E-state index contributed by atoms with van der Waals surface area (Å²) in [7, 11) is 0. The van der Waals surface area contributed by atoms with Crippen molar-refractivity contribution in [3.63, 3.8) is 0 Å². The van der Waals surface area contributed by atoms with Gasteiger partial charge >= 0.3 is 5.97 Å². The van der Waals surface area contributed by atoms with E-state index in [0.29, 0.717) is 25.2 Å². The van der Waals surface area contributed by atoms with E-state index in [4.69, 9.17) is 5.11 Å². The van der Waals surface area contributed by atoms with Crippen molar-refractivity contribution in [2.75, 3.05) is 19.6 Å². The van der Waals surface area contributed by atoms with E-state index in [1.165, 1.54) is 6.07 Å². The highest BCUT2D eigenvalue weighted by atomic mass is 19.1. The van der Waals surface area contributed by atoms with Gasteiger partial charge < -0.3 is 10.0 Å². The van der Waals surface area contributed by atoms with Crippen molar-refractivity contribution < 1.29 is 19.1 Å². The van der Waals surface area contributed by atoms with Crippen LogP contribution >= 0.6 is 0 Å². The number of carbonyl (C=O) groups is 2. The molecule has 0 spiro atoms. The average Bonchev–Trinajstić information content (AvgIpc) is 2.46. The molecular weight excluding hydrogens is 311 g/mol. The van der Waals surface area contributed by atoms with Gasteiger partial charge in [-0.2, -0.15) is 0 Å². The standard InChI is InChI=1S/C18H25FN2O3/c1-18(2,3)12-21-9-8-20(17(24)15(21)10-16(22)23)11-13-6-4-5-7-14(13)19/h4-7,15H,8-12H2,1-3H3,(H,22,23). The minimum absolute atomic E-state index is 0.0370. The summed E-state index contributed by atoms with van der Waals surface area (Å²) in [5, 5.41) is 9.16. The third-order valence-electron chi connectivity index (χ3n) is 4.06. The molecule has 6 heteroatoms. The first-order valence-corrected chi connectivity index (χ1v) is 8.15. The summed E-state index contributed by atoms with van der Waals surface area (Å²) in [5.41, 5.74) is 0.411. The minimum Gasteiger partial charge on any atom is -0.481 e. The zero-order chi connectivity index (χ0) is 17.9. The lowest BCUT2D eigenvalue weighted by atomic mass is 9.93. The Morgan fingerprint density at radius 1 is 1.29 bits per heavy atom. The number of carbonyl (C=O) groups excluding carboxylic acids is 1. The van der Waals surface area contributed by atoms with E-state index in [2.05, 4.69) is 20.8 Å². The molecule has 1 aromatic carbocycles. The maximum absolute atomic E-state index is 13.8. The topological polar surface area (TPSA) is 60.9 Å². The van der Waals surface area contributed by atoms with E-state index < -0.39 is 12.0 Å². The molecule has 24 heavy (non-hydrogen) atoms. The summed E-state index contributed by atoms with van der Waals surface area (Å²) in [6, 6.07) is 5.66. The highest BCUT2D eigenvalue weighted by Gasteiger charge is 2.37. The predicted molar refractivity (Wildman–Crippen MR) is 88.9 cm³/mol. The Labute approximate surface area is 142 Å². The number of benzene rings is 1. The van der Waals surface area contributed by atoms with Crippen LogP contribution in [0.5, 0.6) is 0 Å². The highest BCUT2D eigenvalue weighted by Crippen LogP contribution is 2.23. The fraction of sp³-hybridized carbons (Fsp3) is 0.556. The van der Waals surface area contributed by atoms with Crippen LogP contribution in [0.4, 0.5) is 4.39 Å². The van der Waals surface area contributed by atoms with Crippen LogP contribution in [-0.4, -0.2) is 52.5 Å². The van der Waals surface area contributed by atoms with Gasteiger partial charge in [0.05, 0.1) is 12.5 Å². The van der Waals surface area contributed by atoms with Gasteiger partial charge in [0.1, 0.15) is 5.82 Å². The monoisotopic (exact) mass is 336 g/mol. The first kappa shape index (κ1) is 18.4. The fourth-order valence-electron chi connectivity index (χ4n) is 3.05. The second-order valence-electron chi connectivity index (χ2n) is 7.50. The molecule has 1 aliphatic rings. The first-order chi connectivity index (χ1) is 11.2. The number of hydrogen-bond acceptors (Lipinski definition) is 3. The van der Waals surface area contributed by atoms with Crippen LogP contribution in [0.1, 0.15) is 32.8 Å². The van der Waals surface area contributed by atoms with Crippen LogP contribution < -0.4 is 0 Å². The van der Waals surface area contributed by atoms with Gasteiger partial charge in [0.25, 0.3) is 0 Å². The molecule has 0 bridgehead atoms. The van der Waals surface area contributed by atoms with Crippen LogP contribution in [-0.2, 0) is 16.1 Å². The number of nitrogens with zero attached hydrogens (tertiary/aromatic N) is 2. The second kappa shape index (κ2) is 7.30. The number of carboxylic acid groups (broad SMARTS) is 1. The molecule has 0 aliphatic carbocycles. The molecule has 1 atom stereocenters. The normalized spacial score (nSPS) is 19.6. The third kappa shape index (κ3) is 4.77. The molecule has 1 N–H and O–H groups in total. The van der Waals surface area contributed by atoms with Gasteiger partial charge in [-0.05, 0) is 11.5 Å². The number of hydrogen-bond donors (Lipinski definition) is 1. The van der Waals surface area contributed by atoms with Gasteiger partial charge in [-0.15, -0.1) is 0 Å². The summed E-state index contributed by atoms with van der Waals surface area (Å²) in [6.45, 7) is 8.05. The van der Waals surface area contributed by atoms with Crippen LogP contribution in [0, 0.1) is 11.2 Å².